The SMILES string of the molecule is N#Cc1ccc(S(=O)(=O)Nc2cccc(I)c2)cc1Cl. The van der Waals surface area contributed by atoms with Crippen LogP contribution in [0.25, 0.3) is 0 Å². The van der Waals surface area contributed by atoms with E-state index >= 15 is 0 Å². The number of rotatable bonds is 3. The fourth-order valence-electron chi connectivity index (χ4n) is 1.52. The van der Waals surface area contributed by atoms with Crippen molar-refractivity contribution in [1.29, 1.82) is 5.26 Å². The van der Waals surface area contributed by atoms with E-state index in [2.05, 4.69) is 27.3 Å². The molecule has 0 amide bonds. The first-order valence-corrected chi connectivity index (χ1v) is 8.34. The van der Waals surface area contributed by atoms with Gasteiger partial charge in [-0.05, 0) is 59.0 Å². The first kappa shape index (κ1) is 15.1. The van der Waals surface area contributed by atoms with Gasteiger partial charge in [-0.1, -0.05) is 17.7 Å². The van der Waals surface area contributed by atoms with Crippen LogP contribution in [0.3, 0.4) is 0 Å². The second kappa shape index (κ2) is 5.99. The topological polar surface area (TPSA) is 70.0 Å². The molecule has 2 aromatic rings. The van der Waals surface area contributed by atoms with Crippen molar-refractivity contribution in [3.63, 3.8) is 0 Å². The first-order chi connectivity index (χ1) is 9.42. The molecule has 0 aliphatic heterocycles. The van der Waals surface area contributed by atoms with Gasteiger partial charge in [0.2, 0.25) is 0 Å². The summed E-state index contributed by atoms with van der Waals surface area (Å²) in [7, 11) is -3.72. The van der Waals surface area contributed by atoms with Gasteiger partial charge in [0.25, 0.3) is 10.0 Å². The zero-order chi connectivity index (χ0) is 14.8. The normalized spacial score (nSPS) is 10.8. The van der Waals surface area contributed by atoms with E-state index < -0.39 is 10.0 Å². The number of halogens is 2. The molecule has 0 atom stereocenters. The highest BCUT2D eigenvalue weighted by Crippen LogP contribution is 2.22. The predicted octanol–water partition coefficient (Wildman–Crippen LogP) is 3.62. The maximum absolute atomic E-state index is 12.2. The van der Waals surface area contributed by atoms with Gasteiger partial charge in [-0.2, -0.15) is 5.26 Å². The van der Waals surface area contributed by atoms with Gasteiger partial charge < -0.3 is 0 Å². The summed E-state index contributed by atoms with van der Waals surface area (Å²) in [5.74, 6) is 0. The third kappa shape index (κ3) is 3.42. The third-order valence-corrected chi connectivity index (χ3v) is 4.81. The summed E-state index contributed by atoms with van der Waals surface area (Å²) >= 11 is 7.94. The lowest BCUT2D eigenvalue weighted by molar-refractivity contribution is 0.601. The molecule has 2 aromatic carbocycles. The number of nitrogens with zero attached hydrogens (tertiary/aromatic N) is 1. The molecular formula is C13H8ClIN2O2S. The molecule has 0 fully saturated rings. The second-order valence-corrected chi connectivity index (χ2v) is 7.20. The molecule has 4 nitrogen and oxygen atoms in total. The summed E-state index contributed by atoms with van der Waals surface area (Å²) in [6.07, 6.45) is 0. The minimum atomic E-state index is -3.72. The van der Waals surface area contributed by atoms with Gasteiger partial charge in [0.05, 0.1) is 15.5 Å². The molecule has 0 aliphatic carbocycles. The van der Waals surface area contributed by atoms with Crippen molar-refractivity contribution < 1.29 is 8.42 Å². The monoisotopic (exact) mass is 418 g/mol. The summed E-state index contributed by atoms with van der Waals surface area (Å²) < 4.78 is 27.8. The Morgan fingerprint density at radius 2 is 1.95 bits per heavy atom. The molecule has 2 rings (SSSR count). The van der Waals surface area contributed by atoms with Gasteiger partial charge in [-0.3, -0.25) is 4.72 Å². The van der Waals surface area contributed by atoms with Gasteiger partial charge in [-0.25, -0.2) is 8.42 Å². The van der Waals surface area contributed by atoms with Gasteiger partial charge in [0.15, 0.2) is 0 Å². The molecule has 0 saturated carbocycles. The Balaban J connectivity index is 2.36. The summed E-state index contributed by atoms with van der Waals surface area (Å²) in [4.78, 5) is 0.0142. The number of sulfonamides is 1. The van der Waals surface area contributed by atoms with Crippen molar-refractivity contribution in [2.24, 2.45) is 0 Å². The quantitative estimate of drug-likeness (QED) is 0.774. The lowest BCUT2D eigenvalue weighted by Crippen LogP contribution is -2.13. The third-order valence-electron chi connectivity index (χ3n) is 2.45. The Bertz CT molecular complexity index is 800. The van der Waals surface area contributed by atoms with Crippen LogP contribution in [0.2, 0.25) is 5.02 Å². The zero-order valence-corrected chi connectivity index (χ0v) is 13.7. The Morgan fingerprint density at radius 1 is 1.20 bits per heavy atom. The molecule has 20 heavy (non-hydrogen) atoms. The van der Waals surface area contributed by atoms with E-state index in [4.69, 9.17) is 16.9 Å². The fourth-order valence-corrected chi connectivity index (χ4v) is 3.43. The Kier molecular flexibility index (Phi) is 4.52. The largest absolute Gasteiger partial charge is 0.280 e. The predicted molar refractivity (Wildman–Crippen MR) is 86.1 cm³/mol. The lowest BCUT2D eigenvalue weighted by atomic mass is 10.2. The average molecular weight is 419 g/mol. The second-order valence-electron chi connectivity index (χ2n) is 3.87. The van der Waals surface area contributed by atoms with Crippen molar-refractivity contribution in [3.05, 3.63) is 56.6 Å². The molecule has 0 bridgehead atoms. The smallest absolute Gasteiger partial charge is 0.261 e. The lowest BCUT2D eigenvalue weighted by Gasteiger charge is -2.09. The summed E-state index contributed by atoms with van der Waals surface area (Å²) in [5, 5.41) is 8.89. The Morgan fingerprint density at radius 3 is 2.55 bits per heavy atom. The van der Waals surface area contributed by atoms with Crippen LogP contribution in [-0.2, 0) is 10.0 Å². The molecule has 1 N–H and O–H groups in total. The van der Waals surface area contributed by atoms with Crippen molar-refractivity contribution >= 4 is 49.9 Å². The maximum atomic E-state index is 12.2. The molecule has 0 aliphatic rings. The maximum Gasteiger partial charge on any atom is 0.261 e. The van der Waals surface area contributed by atoms with Crippen molar-refractivity contribution in [2.45, 2.75) is 4.90 Å². The molecule has 0 heterocycles. The van der Waals surface area contributed by atoms with Gasteiger partial charge in [0, 0.05) is 9.26 Å². The van der Waals surface area contributed by atoms with Crippen LogP contribution in [0.4, 0.5) is 5.69 Å². The van der Waals surface area contributed by atoms with Crippen LogP contribution in [0.1, 0.15) is 5.56 Å². The molecular weight excluding hydrogens is 411 g/mol. The van der Waals surface area contributed by atoms with E-state index in [1.54, 1.807) is 18.2 Å². The fraction of sp³-hybridized carbons (Fsp3) is 0. The van der Waals surface area contributed by atoms with Crippen LogP contribution < -0.4 is 4.72 Å². The summed E-state index contributed by atoms with van der Waals surface area (Å²) in [6.45, 7) is 0. The van der Waals surface area contributed by atoms with Crippen molar-refractivity contribution in [3.8, 4) is 6.07 Å². The highest BCUT2D eigenvalue weighted by Gasteiger charge is 2.16. The standard InChI is InChI=1S/C13H8ClIN2O2S/c14-13-7-12(5-4-9(13)8-16)20(18,19)17-11-3-1-2-10(15)6-11/h1-7,17H. The molecule has 0 unspecified atom stereocenters. The number of anilines is 1. The minimum Gasteiger partial charge on any atom is -0.280 e. The van der Waals surface area contributed by atoms with E-state index in [1.807, 2.05) is 12.1 Å². The van der Waals surface area contributed by atoms with E-state index in [0.29, 0.717) is 5.69 Å². The van der Waals surface area contributed by atoms with Crippen LogP contribution in [-0.4, -0.2) is 8.42 Å². The molecule has 0 aromatic heterocycles. The van der Waals surface area contributed by atoms with Crippen LogP contribution in [0.15, 0.2) is 47.4 Å². The van der Waals surface area contributed by atoms with Crippen LogP contribution in [0, 0.1) is 14.9 Å². The molecule has 0 radical (unpaired) electrons. The summed E-state index contributed by atoms with van der Waals surface area (Å²) in [6, 6.07) is 12.9. The summed E-state index contributed by atoms with van der Waals surface area (Å²) in [5.41, 5.74) is 0.706. The van der Waals surface area contributed by atoms with Crippen LogP contribution >= 0.6 is 34.2 Å². The number of benzene rings is 2. The van der Waals surface area contributed by atoms with Gasteiger partial charge in [0.1, 0.15) is 6.07 Å². The van der Waals surface area contributed by atoms with Crippen molar-refractivity contribution in [1.82, 2.24) is 0 Å². The van der Waals surface area contributed by atoms with E-state index in [9.17, 15) is 8.42 Å². The number of hydrogen-bond acceptors (Lipinski definition) is 3. The molecule has 0 saturated heterocycles. The van der Waals surface area contributed by atoms with Crippen molar-refractivity contribution in [2.75, 3.05) is 4.72 Å². The first-order valence-electron chi connectivity index (χ1n) is 5.40. The molecule has 7 heteroatoms. The highest BCUT2D eigenvalue weighted by atomic mass is 127. The molecule has 0 spiro atoms. The van der Waals surface area contributed by atoms with Gasteiger partial charge >= 0.3 is 0 Å². The van der Waals surface area contributed by atoms with E-state index in [1.165, 1.54) is 18.2 Å². The van der Waals surface area contributed by atoms with E-state index in [-0.39, 0.29) is 15.5 Å². The molecule has 102 valence electrons. The number of hydrogen-bond donors (Lipinski definition) is 1. The van der Waals surface area contributed by atoms with Gasteiger partial charge in [-0.15, -0.1) is 0 Å². The van der Waals surface area contributed by atoms with E-state index in [0.717, 1.165) is 3.57 Å². The highest BCUT2D eigenvalue weighted by molar-refractivity contribution is 14.1. The average Bonchev–Trinajstić information content (AvgIpc) is 2.38. The minimum absolute atomic E-state index is 0.0142. The Hall–Kier alpha value is -1.30. The zero-order valence-electron chi connectivity index (χ0n) is 9.97. The number of nitrogens with one attached hydrogen (secondary N) is 1. The Labute approximate surface area is 135 Å². The number of nitriles is 1. The van der Waals surface area contributed by atoms with Crippen LogP contribution in [0.5, 0.6) is 0 Å².